The summed E-state index contributed by atoms with van der Waals surface area (Å²) in [5, 5.41) is 24.1. The number of nitrogens with zero attached hydrogens (tertiary/aromatic N) is 5. The van der Waals surface area contributed by atoms with E-state index in [9.17, 15) is 14.9 Å². The molecule has 0 unspecified atom stereocenters. The molecule has 2 heterocycles. The number of aromatic nitrogens is 4. The molecule has 0 spiro atoms. The molecular formula is C16H21N7O3. The maximum absolute atomic E-state index is 12.5. The third kappa shape index (κ3) is 3.56. The Labute approximate surface area is 149 Å². The zero-order valence-corrected chi connectivity index (χ0v) is 15.4. The lowest BCUT2D eigenvalue weighted by Gasteiger charge is -2.15. The normalized spacial score (nSPS) is 11.7. The Morgan fingerprint density at radius 3 is 2.50 bits per heavy atom. The molecule has 2 aromatic rings. The molecule has 0 bridgehead atoms. The van der Waals surface area contributed by atoms with Crippen LogP contribution in [0.1, 0.15) is 45.9 Å². The first-order valence-corrected chi connectivity index (χ1v) is 8.15. The van der Waals surface area contributed by atoms with Crippen molar-refractivity contribution in [2.75, 3.05) is 6.61 Å². The lowest BCUT2D eigenvalue weighted by molar-refractivity contribution is 0.323. The van der Waals surface area contributed by atoms with E-state index < -0.39 is 11.2 Å². The molecule has 2 aromatic heterocycles. The van der Waals surface area contributed by atoms with Gasteiger partial charge in [-0.05, 0) is 13.8 Å². The van der Waals surface area contributed by atoms with Crippen LogP contribution < -0.4 is 16.0 Å². The number of H-pyrrole nitrogens is 2. The van der Waals surface area contributed by atoms with Gasteiger partial charge in [0.1, 0.15) is 11.6 Å². The minimum atomic E-state index is -0.631. The molecule has 0 radical (unpaired) electrons. The molecule has 2 N–H and O–H groups in total. The number of azo groups is 1. The van der Waals surface area contributed by atoms with E-state index in [4.69, 9.17) is 4.74 Å². The quantitative estimate of drug-likeness (QED) is 0.788. The predicted molar refractivity (Wildman–Crippen MR) is 94.3 cm³/mol. The molecule has 0 amide bonds. The molecule has 0 fully saturated rings. The summed E-state index contributed by atoms with van der Waals surface area (Å²) in [6.07, 6.45) is 0. The number of nitrogens with one attached hydrogen (secondary N) is 2. The molecule has 26 heavy (non-hydrogen) atoms. The maximum Gasteiger partial charge on any atom is 0.331 e. The van der Waals surface area contributed by atoms with E-state index in [2.05, 4.69) is 31.5 Å². The van der Waals surface area contributed by atoms with Crippen molar-refractivity contribution >= 4 is 11.5 Å². The fourth-order valence-electron chi connectivity index (χ4n) is 2.32. The van der Waals surface area contributed by atoms with Gasteiger partial charge in [-0.3, -0.25) is 19.4 Å². The Morgan fingerprint density at radius 1 is 1.27 bits per heavy atom. The minimum absolute atomic E-state index is 0.0634. The monoisotopic (exact) mass is 359 g/mol. The first-order chi connectivity index (χ1) is 12.2. The summed E-state index contributed by atoms with van der Waals surface area (Å²) in [7, 11) is 0. The molecule has 0 saturated heterocycles. The predicted octanol–water partition coefficient (Wildman–Crippen LogP) is 2.26. The van der Waals surface area contributed by atoms with Crippen LogP contribution in [-0.2, 0) is 12.0 Å². The van der Waals surface area contributed by atoms with Gasteiger partial charge in [-0.15, -0.1) is 10.2 Å². The highest BCUT2D eigenvalue weighted by Crippen LogP contribution is 2.30. The summed E-state index contributed by atoms with van der Waals surface area (Å²) < 4.78 is 6.27. The average Bonchev–Trinajstić information content (AvgIpc) is 2.98. The molecule has 0 aliphatic heterocycles. The van der Waals surface area contributed by atoms with Gasteiger partial charge in [0.25, 0.3) is 5.56 Å². The summed E-state index contributed by atoms with van der Waals surface area (Å²) in [6, 6.07) is 2.05. The number of rotatable bonds is 5. The van der Waals surface area contributed by atoms with Crippen LogP contribution in [0, 0.1) is 11.3 Å². The van der Waals surface area contributed by atoms with E-state index in [1.54, 1.807) is 13.8 Å². The Balaban J connectivity index is 2.59. The number of ether oxygens (including phenoxy) is 1. The number of nitriles is 1. The topological polar surface area (TPSA) is 141 Å². The Kier molecular flexibility index (Phi) is 5.40. The van der Waals surface area contributed by atoms with Gasteiger partial charge in [-0.1, -0.05) is 20.8 Å². The number of hydrogen-bond donors (Lipinski definition) is 2. The van der Waals surface area contributed by atoms with Gasteiger partial charge < -0.3 is 4.74 Å². The highest BCUT2D eigenvalue weighted by molar-refractivity contribution is 5.53. The first-order valence-electron chi connectivity index (χ1n) is 8.15. The van der Waals surface area contributed by atoms with Crippen LogP contribution in [0.3, 0.4) is 0 Å². The molecule has 10 heteroatoms. The van der Waals surface area contributed by atoms with E-state index in [0.717, 1.165) is 4.57 Å². The zero-order valence-electron chi connectivity index (χ0n) is 15.4. The maximum atomic E-state index is 12.5. The van der Waals surface area contributed by atoms with Crippen LogP contribution in [0.4, 0.5) is 11.5 Å². The van der Waals surface area contributed by atoms with Gasteiger partial charge in [0.2, 0.25) is 17.4 Å². The molecule has 0 aliphatic carbocycles. The van der Waals surface area contributed by atoms with Crippen molar-refractivity contribution < 1.29 is 4.74 Å². The van der Waals surface area contributed by atoms with E-state index in [-0.39, 0.29) is 41.5 Å². The van der Waals surface area contributed by atoms with Crippen LogP contribution >= 0.6 is 0 Å². The molecular weight excluding hydrogens is 338 g/mol. The van der Waals surface area contributed by atoms with Crippen LogP contribution in [-0.4, -0.2) is 26.4 Å². The van der Waals surface area contributed by atoms with E-state index in [0.29, 0.717) is 5.69 Å². The smallest absolute Gasteiger partial charge is 0.331 e. The van der Waals surface area contributed by atoms with Crippen LogP contribution in [0.2, 0.25) is 0 Å². The minimum Gasteiger partial charge on any atom is -0.477 e. The summed E-state index contributed by atoms with van der Waals surface area (Å²) >= 11 is 0. The molecule has 0 aliphatic rings. The third-order valence-electron chi connectivity index (χ3n) is 3.59. The summed E-state index contributed by atoms with van der Waals surface area (Å²) in [5.41, 5.74) is -0.848. The van der Waals surface area contributed by atoms with Gasteiger partial charge >= 0.3 is 5.69 Å². The number of hydrogen-bond acceptors (Lipinski definition) is 7. The molecule has 10 nitrogen and oxygen atoms in total. The summed E-state index contributed by atoms with van der Waals surface area (Å²) in [6.45, 7) is 9.56. The highest BCUT2D eigenvalue weighted by Gasteiger charge is 2.24. The standard InChI is InChI=1S/C16H21N7O3/c1-6-23-14(24)10(13(26-7-2)18-15(23)25)19-21-12-9(8-17)11(20-22-12)16(3,4)5/h6-7H2,1-5H3,(H,18,25)(H,20,22). The first kappa shape index (κ1) is 19.1. The fourth-order valence-corrected chi connectivity index (χ4v) is 2.32. The van der Waals surface area contributed by atoms with Gasteiger partial charge in [-0.2, -0.15) is 10.4 Å². The molecule has 138 valence electrons. The van der Waals surface area contributed by atoms with Crippen molar-refractivity contribution in [1.29, 1.82) is 5.26 Å². The van der Waals surface area contributed by atoms with Crippen LogP contribution in [0.25, 0.3) is 0 Å². The molecule has 0 atom stereocenters. The second-order valence-electron chi connectivity index (χ2n) is 6.45. The van der Waals surface area contributed by atoms with Crippen molar-refractivity contribution in [3.8, 4) is 11.9 Å². The van der Waals surface area contributed by atoms with E-state index >= 15 is 0 Å². The highest BCUT2D eigenvalue weighted by atomic mass is 16.5. The van der Waals surface area contributed by atoms with Gasteiger partial charge in [-0.25, -0.2) is 4.79 Å². The van der Waals surface area contributed by atoms with Gasteiger partial charge in [0.15, 0.2) is 0 Å². The van der Waals surface area contributed by atoms with Crippen LogP contribution in [0.5, 0.6) is 5.88 Å². The van der Waals surface area contributed by atoms with Crippen molar-refractivity contribution in [3.63, 3.8) is 0 Å². The lowest BCUT2D eigenvalue weighted by atomic mass is 9.90. The van der Waals surface area contributed by atoms with Crippen molar-refractivity contribution in [3.05, 3.63) is 32.1 Å². The molecule has 0 saturated carbocycles. The Bertz CT molecular complexity index is 983. The van der Waals surface area contributed by atoms with Gasteiger partial charge in [0.05, 0.1) is 12.3 Å². The third-order valence-corrected chi connectivity index (χ3v) is 3.59. The van der Waals surface area contributed by atoms with Crippen molar-refractivity contribution in [2.45, 2.75) is 46.6 Å². The van der Waals surface area contributed by atoms with Crippen LogP contribution in [0.15, 0.2) is 19.8 Å². The zero-order chi connectivity index (χ0) is 19.5. The van der Waals surface area contributed by atoms with Gasteiger partial charge in [0, 0.05) is 12.0 Å². The fraction of sp³-hybridized carbons (Fsp3) is 0.500. The van der Waals surface area contributed by atoms with E-state index in [1.807, 2.05) is 20.8 Å². The second kappa shape index (κ2) is 7.35. The average molecular weight is 359 g/mol. The summed E-state index contributed by atoms with van der Waals surface area (Å²) in [4.78, 5) is 26.8. The Hall–Kier alpha value is -3.22. The SMILES string of the molecule is CCOc1[nH]c(=O)n(CC)c(=O)c1N=Nc1n[nH]c(C(C)(C)C)c1C#N. The summed E-state index contributed by atoms with van der Waals surface area (Å²) in [5.74, 6) is -0.00504. The number of aromatic amines is 2. The van der Waals surface area contributed by atoms with Crippen molar-refractivity contribution in [2.24, 2.45) is 10.2 Å². The molecule has 2 rings (SSSR count). The van der Waals surface area contributed by atoms with Crippen molar-refractivity contribution in [1.82, 2.24) is 19.7 Å². The van der Waals surface area contributed by atoms with E-state index in [1.165, 1.54) is 0 Å². The Morgan fingerprint density at radius 2 is 1.96 bits per heavy atom. The lowest BCUT2D eigenvalue weighted by Crippen LogP contribution is -2.34. The second-order valence-corrected chi connectivity index (χ2v) is 6.45. The molecule has 0 aromatic carbocycles. The largest absolute Gasteiger partial charge is 0.477 e.